The van der Waals surface area contributed by atoms with Crippen LogP contribution in [-0.2, 0) is 4.79 Å². The minimum absolute atomic E-state index is 0.111. The second kappa shape index (κ2) is 9.97. The predicted molar refractivity (Wildman–Crippen MR) is 121 cm³/mol. The van der Waals surface area contributed by atoms with E-state index in [0.29, 0.717) is 26.5 Å². The Labute approximate surface area is 189 Å². The lowest BCUT2D eigenvalue weighted by Gasteiger charge is -2.06. The fourth-order valence-corrected chi connectivity index (χ4v) is 3.59. The van der Waals surface area contributed by atoms with Gasteiger partial charge in [0.15, 0.2) is 0 Å². The molecule has 2 aromatic carbocycles. The number of halogens is 3. The van der Waals surface area contributed by atoms with Crippen LogP contribution in [0.3, 0.4) is 0 Å². The number of nitrogens with two attached hydrogens (primary N) is 1. The Morgan fingerprint density at radius 1 is 1.28 bits per heavy atom. The van der Waals surface area contributed by atoms with Gasteiger partial charge in [0.25, 0.3) is 5.95 Å². The molecule has 0 saturated carbocycles. The molecule has 29 heavy (non-hydrogen) atoms. The van der Waals surface area contributed by atoms with E-state index in [-0.39, 0.29) is 17.6 Å². The minimum atomic E-state index is -0.199. The molecule has 3 aromatic rings. The quantitative estimate of drug-likeness (QED) is 0.188. The Morgan fingerprint density at radius 3 is 2.83 bits per heavy atom. The van der Waals surface area contributed by atoms with Gasteiger partial charge in [-0.1, -0.05) is 53.2 Å². The third kappa shape index (κ3) is 5.86. The van der Waals surface area contributed by atoms with Gasteiger partial charge in [-0.3, -0.25) is 4.79 Å². The number of benzene rings is 2. The summed E-state index contributed by atoms with van der Waals surface area (Å²) in [4.78, 5) is 12.1. The highest BCUT2D eigenvalue weighted by Crippen LogP contribution is 2.23. The zero-order chi connectivity index (χ0) is 20.8. The molecule has 4 N–H and O–H groups in total. The molecule has 0 aliphatic rings. The molecule has 1 amide bonds. The number of anilines is 2. The van der Waals surface area contributed by atoms with E-state index in [4.69, 9.17) is 29.0 Å². The summed E-state index contributed by atoms with van der Waals surface area (Å²) >= 11 is 16.5. The number of rotatable bonds is 7. The van der Waals surface area contributed by atoms with Crippen LogP contribution in [0.2, 0.25) is 10.0 Å². The van der Waals surface area contributed by atoms with Gasteiger partial charge in [0.1, 0.15) is 0 Å². The Kier molecular flexibility index (Phi) is 7.37. The smallest absolute Gasteiger partial charge is 0.264 e. The molecule has 150 valence electrons. The number of aromatic nitrogens is 3. The van der Waals surface area contributed by atoms with Gasteiger partial charge in [-0.2, -0.15) is 5.10 Å². The normalized spacial score (nSPS) is 11.0. The van der Waals surface area contributed by atoms with Crippen molar-refractivity contribution in [3.8, 4) is 0 Å². The van der Waals surface area contributed by atoms with Crippen molar-refractivity contribution in [1.29, 1.82) is 0 Å². The molecule has 0 saturated heterocycles. The Morgan fingerprint density at radius 2 is 2.07 bits per heavy atom. The van der Waals surface area contributed by atoms with Crippen LogP contribution in [0.15, 0.2) is 57.2 Å². The first-order valence-corrected chi connectivity index (χ1v) is 10.6. The number of hydrogen-bond acceptors (Lipinski definition) is 7. The lowest BCUT2D eigenvalue weighted by Crippen LogP contribution is -2.17. The van der Waals surface area contributed by atoms with Crippen LogP contribution in [-0.4, -0.2) is 32.7 Å². The SMILES string of the molecule is Nn1c(N/N=C/c2ccc(Cl)cc2Cl)nnc1SCC(=O)Nc1ccccc1Br. The van der Waals surface area contributed by atoms with Gasteiger partial charge in [-0.15, -0.1) is 10.2 Å². The topological polar surface area (TPSA) is 110 Å². The standard InChI is InChI=1S/C17H14BrCl2N7OS/c18-12-3-1-2-4-14(12)23-15(28)9-29-17-26-25-16(27(17)21)24-22-8-10-5-6-11(19)7-13(10)20/h1-8H,9,21H2,(H,23,28)(H,24,25)/b22-8+. The van der Waals surface area contributed by atoms with E-state index < -0.39 is 0 Å². The van der Waals surface area contributed by atoms with Gasteiger partial charge in [-0.05, 0) is 40.2 Å². The number of amides is 1. The Hall–Kier alpha value is -2.27. The molecule has 8 nitrogen and oxygen atoms in total. The zero-order valence-corrected chi connectivity index (χ0v) is 18.6. The summed E-state index contributed by atoms with van der Waals surface area (Å²) < 4.78 is 2.00. The summed E-state index contributed by atoms with van der Waals surface area (Å²) in [7, 11) is 0. The summed E-state index contributed by atoms with van der Waals surface area (Å²) in [5.74, 6) is 6.07. The first-order valence-electron chi connectivity index (χ1n) is 8.06. The second-order valence-electron chi connectivity index (χ2n) is 5.53. The van der Waals surface area contributed by atoms with Gasteiger partial charge in [0, 0.05) is 15.1 Å². The number of hydrogen-bond donors (Lipinski definition) is 3. The number of nitrogen functional groups attached to an aromatic ring is 1. The van der Waals surface area contributed by atoms with Gasteiger partial charge < -0.3 is 11.2 Å². The second-order valence-corrected chi connectivity index (χ2v) is 8.17. The highest BCUT2D eigenvalue weighted by molar-refractivity contribution is 9.10. The molecule has 0 fully saturated rings. The molecule has 0 unspecified atom stereocenters. The lowest BCUT2D eigenvalue weighted by atomic mass is 10.2. The van der Waals surface area contributed by atoms with Crippen molar-refractivity contribution < 1.29 is 4.79 Å². The van der Waals surface area contributed by atoms with Crippen LogP contribution in [0.1, 0.15) is 5.56 Å². The van der Waals surface area contributed by atoms with E-state index >= 15 is 0 Å². The highest BCUT2D eigenvalue weighted by atomic mass is 79.9. The fraction of sp³-hybridized carbons (Fsp3) is 0.0588. The van der Waals surface area contributed by atoms with Crippen LogP contribution >= 0.6 is 50.9 Å². The van der Waals surface area contributed by atoms with Crippen LogP contribution in [0, 0.1) is 0 Å². The molecule has 0 bridgehead atoms. The maximum atomic E-state index is 12.1. The summed E-state index contributed by atoms with van der Waals surface area (Å²) in [6.07, 6.45) is 1.51. The maximum Gasteiger partial charge on any atom is 0.264 e. The molecular formula is C17H14BrCl2N7OS. The number of carbonyl (C=O) groups is 1. The highest BCUT2D eigenvalue weighted by Gasteiger charge is 2.12. The third-order valence-electron chi connectivity index (χ3n) is 3.48. The predicted octanol–water partition coefficient (Wildman–Crippen LogP) is 4.24. The molecule has 0 aliphatic heterocycles. The van der Waals surface area contributed by atoms with Gasteiger partial charge in [0.05, 0.1) is 22.7 Å². The molecule has 0 spiro atoms. The number of nitrogens with zero attached hydrogens (tertiary/aromatic N) is 4. The fourth-order valence-electron chi connectivity index (χ4n) is 2.10. The van der Waals surface area contributed by atoms with Gasteiger partial charge in [-0.25, -0.2) is 10.1 Å². The summed E-state index contributed by atoms with van der Waals surface area (Å²) in [5, 5.41) is 16.1. The van der Waals surface area contributed by atoms with E-state index in [1.165, 1.54) is 10.9 Å². The number of para-hydroxylation sites is 1. The first kappa shape index (κ1) is 21.4. The van der Waals surface area contributed by atoms with Crippen molar-refractivity contribution in [2.75, 3.05) is 22.3 Å². The van der Waals surface area contributed by atoms with Crippen molar-refractivity contribution >= 4 is 74.7 Å². The monoisotopic (exact) mass is 513 g/mol. The van der Waals surface area contributed by atoms with Crippen LogP contribution in [0.5, 0.6) is 0 Å². The van der Waals surface area contributed by atoms with Crippen molar-refractivity contribution in [3.05, 3.63) is 62.5 Å². The molecule has 0 aliphatic carbocycles. The molecule has 3 rings (SSSR count). The number of thioether (sulfide) groups is 1. The summed E-state index contributed by atoms with van der Waals surface area (Å²) in [5.41, 5.74) is 4.04. The third-order valence-corrected chi connectivity index (χ3v) is 5.67. The zero-order valence-electron chi connectivity index (χ0n) is 14.6. The van der Waals surface area contributed by atoms with Crippen molar-refractivity contribution in [1.82, 2.24) is 14.9 Å². The Balaban J connectivity index is 1.55. The van der Waals surface area contributed by atoms with E-state index in [1.807, 2.05) is 18.2 Å². The number of nitrogens with one attached hydrogen (secondary N) is 2. The number of hydrazone groups is 1. The van der Waals surface area contributed by atoms with Gasteiger partial charge in [0.2, 0.25) is 11.1 Å². The van der Waals surface area contributed by atoms with E-state index in [0.717, 1.165) is 16.2 Å². The first-order chi connectivity index (χ1) is 13.9. The van der Waals surface area contributed by atoms with Crippen LogP contribution in [0.25, 0.3) is 0 Å². The number of carbonyl (C=O) groups excluding carboxylic acids is 1. The molecule has 1 aromatic heterocycles. The molecule has 0 radical (unpaired) electrons. The summed E-state index contributed by atoms with van der Waals surface area (Å²) in [6.45, 7) is 0. The largest absolute Gasteiger partial charge is 0.334 e. The average Bonchev–Trinajstić information content (AvgIpc) is 3.03. The van der Waals surface area contributed by atoms with Crippen molar-refractivity contribution in [2.45, 2.75) is 5.16 Å². The van der Waals surface area contributed by atoms with Crippen molar-refractivity contribution in [2.24, 2.45) is 5.10 Å². The van der Waals surface area contributed by atoms with E-state index in [2.05, 4.69) is 42.0 Å². The van der Waals surface area contributed by atoms with Crippen LogP contribution in [0.4, 0.5) is 11.6 Å². The lowest BCUT2D eigenvalue weighted by molar-refractivity contribution is -0.113. The Bertz CT molecular complexity index is 1060. The summed E-state index contributed by atoms with van der Waals surface area (Å²) in [6, 6.07) is 12.4. The molecule has 12 heteroatoms. The van der Waals surface area contributed by atoms with E-state index in [9.17, 15) is 4.79 Å². The van der Waals surface area contributed by atoms with Crippen molar-refractivity contribution in [3.63, 3.8) is 0 Å². The molecule has 1 heterocycles. The average molecular weight is 515 g/mol. The maximum absolute atomic E-state index is 12.1. The minimum Gasteiger partial charge on any atom is -0.334 e. The molecular weight excluding hydrogens is 501 g/mol. The molecule has 0 atom stereocenters. The van der Waals surface area contributed by atoms with E-state index in [1.54, 1.807) is 24.3 Å². The van der Waals surface area contributed by atoms with Gasteiger partial charge >= 0.3 is 0 Å². The van der Waals surface area contributed by atoms with Crippen LogP contribution < -0.4 is 16.6 Å².